The van der Waals surface area contributed by atoms with E-state index in [1.54, 1.807) is 35.2 Å². The number of piperazine rings is 1. The van der Waals surface area contributed by atoms with E-state index in [9.17, 15) is 9.59 Å². The Bertz CT molecular complexity index is 1250. The van der Waals surface area contributed by atoms with Crippen LogP contribution < -0.4 is 15.5 Å². The minimum atomic E-state index is -0.179. The predicted molar refractivity (Wildman–Crippen MR) is 150 cm³/mol. The maximum absolute atomic E-state index is 12.8. The van der Waals surface area contributed by atoms with Gasteiger partial charge in [0.1, 0.15) is 11.0 Å². The Balaban J connectivity index is 1.33. The summed E-state index contributed by atoms with van der Waals surface area (Å²) in [6.45, 7) is 5.61. The molecule has 37 heavy (non-hydrogen) atoms. The lowest BCUT2D eigenvalue weighted by Crippen LogP contribution is -2.55. The van der Waals surface area contributed by atoms with E-state index in [0.29, 0.717) is 46.5 Å². The van der Waals surface area contributed by atoms with Crippen molar-refractivity contribution in [2.45, 2.75) is 31.1 Å². The second-order valence-electron chi connectivity index (χ2n) is 8.75. The van der Waals surface area contributed by atoms with E-state index in [2.05, 4.69) is 25.5 Å². The minimum Gasteiger partial charge on any atom is -0.353 e. The molecule has 1 aliphatic heterocycles. The lowest BCUT2D eigenvalue weighted by atomic mass is 10.1. The van der Waals surface area contributed by atoms with Crippen LogP contribution in [0, 0.1) is 0 Å². The lowest BCUT2D eigenvalue weighted by Gasteiger charge is -2.40. The molecule has 1 aliphatic rings. The van der Waals surface area contributed by atoms with Crippen molar-refractivity contribution < 1.29 is 9.59 Å². The molecule has 0 aliphatic carbocycles. The van der Waals surface area contributed by atoms with Crippen molar-refractivity contribution in [3.63, 3.8) is 0 Å². The summed E-state index contributed by atoms with van der Waals surface area (Å²) in [5.74, 6) is 0.729. The Morgan fingerprint density at radius 3 is 2.59 bits per heavy atom. The maximum Gasteiger partial charge on any atom is 0.322 e. The van der Waals surface area contributed by atoms with Crippen molar-refractivity contribution >= 4 is 58.4 Å². The molecule has 4 rings (SSSR count). The Labute approximate surface area is 230 Å². The molecule has 3 amide bonds. The van der Waals surface area contributed by atoms with E-state index in [4.69, 9.17) is 23.2 Å². The van der Waals surface area contributed by atoms with Gasteiger partial charge in [-0.05, 0) is 37.6 Å². The van der Waals surface area contributed by atoms with Gasteiger partial charge in [0.25, 0.3) is 0 Å². The van der Waals surface area contributed by atoms with Crippen LogP contribution in [-0.4, -0.2) is 58.2 Å². The second-order valence-corrected chi connectivity index (χ2v) is 10.5. The van der Waals surface area contributed by atoms with Gasteiger partial charge in [-0.3, -0.25) is 4.79 Å². The standard InChI is InChI=1S/C26H28Cl2N6O2S/c1-17-15-33(11-12-34(17)26(36)30-21-10-6-9-20(27)13-21)23-14-22(28)31-25(32-23)37-16-24(35)29-18(2)19-7-4-3-5-8-19/h3-10,13-14,17-18H,11-12,15-16H2,1-2H3,(H,29,35)(H,30,36)/t17-,18-/m1/s1. The summed E-state index contributed by atoms with van der Waals surface area (Å²) in [6.07, 6.45) is 0. The third-order valence-electron chi connectivity index (χ3n) is 5.96. The first kappa shape index (κ1) is 27.0. The van der Waals surface area contributed by atoms with Gasteiger partial charge in [0.15, 0.2) is 5.16 Å². The molecule has 0 bridgehead atoms. The Morgan fingerprint density at radius 1 is 1.08 bits per heavy atom. The third-order valence-corrected chi connectivity index (χ3v) is 7.23. The zero-order chi connectivity index (χ0) is 26.4. The molecule has 2 heterocycles. The number of anilines is 2. The molecule has 1 aromatic heterocycles. The topological polar surface area (TPSA) is 90.5 Å². The average molecular weight is 560 g/mol. The number of carbonyl (C=O) groups is 2. The van der Waals surface area contributed by atoms with Crippen molar-refractivity contribution in [3.05, 3.63) is 76.4 Å². The number of amides is 3. The van der Waals surface area contributed by atoms with Gasteiger partial charge in [-0.2, -0.15) is 0 Å². The fourth-order valence-corrected chi connectivity index (χ4v) is 5.16. The molecule has 194 valence electrons. The molecule has 0 spiro atoms. The molecule has 3 aromatic rings. The highest BCUT2D eigenvalue weighted by Crippen LogP contribution is 2.25. The first-order chi connectivity index (χ1) is 17.8. The number of nitrogens with zero attached hydrogens (tertiary/aromatic N) is 4. The number of hydrogen-bond acceptors (Lipinski definition) is 6. The quantitative estimate of drug-likeness (QED) is 0.226. The van der Waals surface area contributed by atoms with E-state index in [0.717, 1.165) is 5.56 Å². The SMILES string of the molecule is C[C@@H]1CN(c2cc(Cl)nc(SCC(=O)N[C@H](C)c3ccccc3)n2)CCN1C(=O)Nc1cccc(Cl)c1. The van der Waals surface area contributed by atoms with Gasteiger partial charge in [-0.25, -0.2) is 14.8 Å². The summed E-state index contributed by atoms with van der Waals surface area (Å²) in [5.41, 5.74) is 1.69. The summed E-state index contributed by atoms with van der Waals surface area (Å²) >= 11 is 13.6. The van der Waals surface area contributed by atoms with Gasteiger partial charge >= 0.3 is 6.03 Å². The van der Waals surface area contributed by atoms with Crippen LogP contribution in [0.3, 0.4) is 0 Å². The van der Waals surface area contributed by atoms with Crippen molar-refractivity contribution in [3.8, 4) is 0 Å². The summed E-state index contributed by atoms with van der Waals surface area (Å²) in [6, 6.07) is 18.2. The number of halogens is 2. The van der Waals surface area contributed by atoms with Crippen molar-refractivity contribution in [1.82, 2.24) is 20.2 Å². The van der Waals surface area contributed by atoms with E-state index in [1.807, 2.05) is 44.2 Å². The summed E-state index contributed by atoms with van der Waals surface area (Å²) in [4.78, 5) is 38.1. The Hall–Kier alpha value is -3.01. The molecule has 0 unspecified atom stereocenters. The van der Waals surface area contributed by atoms with Crippen LogP contribution in [0.2, 0.25) is 10.2 Å². The highest BCUT2D eigenvalue weighted by molar-refractivity contribution is 7.99. The summed E-state index contributed by atoms with van der Waals surface area (Å²) in [5, 5.41) is 7.19. The van der Waals surface area contributed by atoms with Crippen molar-refractivity contribution in [2.24, 2.45) is 0 Å². The van der Waals surface area contributed by atoms with E-state index in [1.165, 1.54) is 11.8 Å². The van der Waals surface area contributed by atoms with Crippen LogP contribution in [0.4, 0.5) is 16.3 Å². The average Bonchev–Trinajstić information content (AvgIpc) is 2.87. The molecule has 2 aromatic carbocycles. The molecule has 0 saturated carbocycles. The number of hydrogen-bond donors (Lipinski definition) is 2. The highest BCUT2D eigenvalue weighted by atomic mass is 35.5. The number of benzene rings is 2. The monoisotopic (exact) mass is 558 g/mol. The van der Waals surface area contributed by atoms with Gasteiger partial charge in [0, 0.05) is 42.5 Å². The van der Waals surface area contributed by atoms with Crippen molar-refractivity contribution in [1.29, 1.82) is 0 Å². The van der Waals surface area contributed by atoms with Crippen LogP contribution >= 0.6 is 35.0 Å². The second kappa shape index (κ2) is 12.5. The summed E-state index contributed by atoms with van der Waals surface area (Å²) in [7, 11) is 0. The molecular weight excluding hydrogens is 531 g/mol. The molecule has 11 heteroatoms. The molecule has 1 fully saturated rings. The summed E-state index contributed by atoms with van der Waals surface area (Å²) < 4.78 is 0. The minimum absolute atomic E-state index is 0.0666. The number of rotatable bonds is 7. The van der Waals surface area contributed by atoms with E-state index in [-0.39, 0.29) is 29.8 Å². The normalized spacial score (nSPS) is 16.3. The largest absolute Gasteiger partial charge is 0.353 e. The van der Waals surface area contributed by atoms with Crippen LogP contribution in [0.1, 0.15) is 25.5 Å². The van der Waals surface area contributed by atoms with Gasteiger partial charge in [-0.15, -0.1) is 0 Å². The first-order valence-electron chi connectivity index (χ1n) is 11.9. The smallest absolute Gasteiger partial charge is 0.322 e. The number of carbonyl (C=O) groups excluding carboxylic acids is 2. The van der Waals surface area contributed by atoms with E-state index < -0.39 is 0 Å². The van der Waals surface area contributed by atoms with Gasteiger partial charge in [0.2, 0.25) is 5.91 Å². The molecule has 8 nitrogen and oxygen atoms in total. The van der Waals surface area contributed by atoms with Crippen molar-refractivity contribution in [2.75, 3.05) is 35.6 Å². The zero-order valence-electron chi connectivity index (χ0n) is 20.5. The fourth-order valence-electron chi connectivity index (χ4n) is 4.08. The van der Waals surface area contributed by atoms with E-state index >= 15 is 0 Å². The van der Waals surface area contributed by atoms with Crippen LogP contribution in [0.15, 0.2) is 65.8 Å². The van der Waals surface area contributed by atoms with Crippen LogP contribution in [-0.2, 0) is 4.79 Å². The molecular formula is C26H28Cl2N6O2S. The number of urea groups is 1. The number of nitrogens with one attached hydrogen (secondary N) is 2. The van der Waals surface area contributed by atoms with Gasteiger partial charge in [-0.1, -0.05) is 71.4 Å². The van der Waals surface area contributed by atoms with Crippen LogP contribution in [0.25, 0.3) is 0 Å². The Morgan fingerprint density at radius 2 is 1.86 bits per heavy atom. The Kier molecular flexibility index (Phi) is 9.13. The van der Waals surface area contributed by atoms with Crippen LogP contribution in [0.5, 0.6) is 0 Å². The highest BCUT2D eigenvalue weighted by Gasteiger charge is 2.28. The number of thioether (sulfide) groups is 1. The van der Waals surface area contributed by atoms with Gasteiger partial charge in [0.05, 0.1) is 11.8 Å². The number of aromatic nitrogens is 2. The molecule has 2 atom stereocenters. The third kappa shape index (κ3) is 7.50. The molecule has 1 saturated heterocycles. The predicted octanol–water partition coefficient (Wildman–Crippen LogP) is 5.50. The maximum atomic E-state index is 12.8. The fraction of sp³-hybridized carbons (Fsp3) is 0.308. The lowest BCUT2D eigenvalue weighted by molar-refractivity contribution is -0.119. The zero-order valence-corrected chi connectivity index (χ0v) is 22.9. The van der Waals surface area contributed by atoms with Gasteiger partial charge < -0.3 is 20.4 Å². The molecule has 2 N–H and O–H groups in total. The molecule has 0 radical (unpaired) electrons. The first-order valence-corrected chi connectivity index (χ1v) is 13.6.